The van der Waals surface area contributed by atoms with E-state index in [0.717, 1.165) is 33.4 Å². The van der Waals surface area contributed by atoms with Crippen LogP contribution in [0.25, 0.3) is 22.3 Å². The van der Waals surface area contributed by atoms with E-state index >= 15 is 0 Å². The van der Waals surface area contributed by atoms with Crippen LogP contribution < -0.4 is 0 Å². The second-order valence-corrected chi connectivity index (χ2v) is 8.46. The Bertz CT molecular complexity index is 1270. The van der Waals surface area contributed by atoms with Gasteiger partial charge in [-0.15, -0.1) is 0 Å². The zero-order chi connectivity index (χ0) is 23.3. The topological polar surface area (TPSA) is 40.5 Å². The van der Waals surface area contributed by atoms with Crippen molar-refractivity contribution in [2.24, 2.45) is 0 Å². The first-order valence-corrected chi connectivity index (χ1v) is 11.5. The van der Waals surface area contributed by atoms with Crippen LogP contribution in [0.5, 0.6) is 11.5 Å². The molecule has 2 N–H and O–H groups in total. The van der Waals surface area contributed by atoms with E-state index in [1.54, 1.807) is 0 Å². The molecule has 0 aliphatic rings. The zero-order valence-corrected chi connectivity index (χ0v) is 18.9. The summed E-state index contributed by atoms with van der Waals surface area (Å²) >= 11 is 0. The van der Waals surface area contributed by atoms with Crippen LogP contribution in [0.1, 0.15) is 22.3 Å². The molecule has 0 heterocycles. The van der Waals surface area contributed by atoms with Crippen molar-refractivity contribution in [3.05, 3.63) is 144 Å². The number of phenols is 2. The van der Waals surface area contributed by atoms with E-state index in [9.17, 15) is 10.2 Å². The summed E-state index contributed by atoms with van der Waals surface area (Å²) in [6.07, 6.45) is 1.02. The largest absolute Gasteiger partial charge is 0.507 e. The molecule has 0 spiro atoms. The van der Waals surface area contributed by atoms with Gasteiger partial charge in [0.15, 0.2) is 0 Å². The number of phenolic OH excluding ortho intramolecular Hbond substituents is 2. The number of rotatable bonds is 6. The van der Waals surface area contributed by atoms with Crippen LogP contribution in [-0.4, -0.2) is 10.2 Å². The fourth-order valence-electron chi connectivity index (χ4n) is 4.60. The maximum Gasteiger partial charge on any atom is 0.128 e. The summed E-state index contributed by atoms with van der Waals surface area (Å²) in [4.78, 5) is 0. The molecule has 0 saturated carbocycles. The molecular formula is C32H26O2. The average Bonchev–Trinajstić information content (AvgIpc) is 2.89. The molecule has 5 rings (SSSR count). The van der Waals surface area contributed by atoms with Crippen LogP contribution in [0.3, 0.4) is 0 Å². The summed E-state index contributed by atoms with van der Waals surface area (Å²) in [5.74, 6) is 0.440. The first kappa shape index (κ1) is 21.5. The third-order valence-corrected chi connectivity index (χ3v) is 6.22. The minimum Gasteiger partial charge on any atom is -0.507 e. The van der Waals surface area contributed by atoms with Gasteiger partial charge in [-0.05, 0) is 22.3 Å². The van der Waals surface area contributed by atoms with Gasteiger partial charge in [0.2, 0.25) is 0 Å². The van der Waals surface area contributed by atoms with Gasteiger partial charge >= 0.3 is 0 Å². The molecule has 2 nitrogen and oxygen atoms in total. The van der Waals surface area contributed by atoms with E-state index < -0.39 is 0 Å². The summed E-state index contributed by atoms with van der Waals surface area (Å²) < 4.78 is 0. The Morgan fingerprint density at radius 3 is 1.00 bits per heavy atom. The summed E-state index contributed by atoms with van der Waals surface area (Å²) in [5, 5.41) is 23.6. The van der Waals surface area contributed by atoms with Crippen LogP contribution in [0.4, 0.5) is 0 Å². The fraction of sp³-hybridized carbons (Fsp3) is 0.0625. The second kappa shape index (κ2) is 9.68. The standard InChI is InChI=1S/C32H26O2/c33-31-27(21-23-13-5-1-6-14-23)29(25-17-9-3-10-18-25)32(34)28(22-24-15-7-2-8-16-24)30(31)26-19-11-4-12-20-26/h1-20,33-34H,21-22H2. The predicted molar refractivity (Wildman–Crippen MR) is 139 cm³/mol. The average molecular weight is 443 g/mol. The highest BCUT2D eigenvalue weighted by Crippen LogP contribution is 2.49. The van der Waals surface area contributed by atoms with E-state index in [1.165, 1.54) is 0 Å². The maximum atomic E-state index is 11.8. The van der Waals surface area contributed by atoms with Crippen molar-refractivity contribution in [3.8, 4) is 33.8 Å². The van der Waals surface area contributed by atoms with Crippen LogP contribution in [-0.2, 0) is 12.8 Å². The third-order valence-electron chi connectivity index (χ3n) is 6.22. The van der Waals surface area contributed by atoms with Crippen molar-refractivity contribution >= 4 is 0 Å². The maximum absolute atomic E-state index is 11.8. The minimum atomic E-state index is 0.220. The lowest BCUT2D eigenvalue weighted by atomic mass is 9.84. The zero-order valence-electron chi connectivity index (χ0n) is 18.9. The predicted octanol–water partition coefficient (Wildman–Crippen LogP) is 7.61. The molecule has 34 heavy (non-hydrogen) atoms. The van der Waals surface area contributed by atoms with Crippen molar-refractivity contribution in [1.29, 1.82) is 0 Å². The van der Waals surface area contributed by atoms with E-state index in [1.807, 2.05) is 121 Å². The number of hydrogen-bond donors (Lipinski definition) is 2. The molecule has 5 aromatic carbocycles. The lowest BCUT2D eigenvalue weighted by Crippen LogP contribution is -2.02. The van der Waals surface area contributed by atoms with Crippen LogP contribution in [0, 0.1) is 0 Å². The molecule has 0 radical (unpaired) electrons. The van der Waals surface area contributed by atoms with E-state index in [4.69, 9.17) is 0 Å². The molecule has 166 valence electrons. The molecule has 0 bridgehead atoms. The minimum absolute atomic E-state index is 0.220. The van der Waals surface area contributed by atoms with Gasteiger partial charge in [0.1, 0.15) is 11.5 Å². The number of benzene rings is 5. The van der Waals surface area contributed by atoms with Gasteiger partial charge < -0.3 is 10.2 Å². The van der Waals surface area contributed by atoms with Crippen molar-refractivity contribution in [1.82, 2.24) is 0 Å². The monoisotopic (exact) mass is 442 g/mol. The van der Waals surface area contributed by atoms with Gasteiger partial charge in [-0.3, -0.25) is 0 Å². The Morgan fingerprint density at radius 1 is 0.382 bits per heavy atom. The molecule has 0 aromatic heterocycles. The Balaban J connectivity index is 1.81. The van der Waals surface area contributed by atoms with E-state index in [-0.39, 0.29) is 11.5 Å². The highest BCUT2D eigenvalue weighted by Gasteiger charge is 2.25. The van der Waals surface area contributed by atoms with Gasteiger partial charge in [-0.2, -0.15) is 0 Å². The van der Waals surface area contributed by atoms with Crippen molar-refractivity contribution in [2.75, 3.05) is 0 Å². The van der Waals surface area contributed by atoms with E-state index in [0.29, 0.717) is 24.0 Å². The first-order chi connectivity index (χ1) is 16.7. The summed E-state index contributed by atoms with van der Waals surface area (Å²) in [7, 11) is 0. The summed E-state index contributed by atoms with van der Waals surface area (Å²) in [6, 6.07) is 39.8. The Morgan fingerprint density at radius 2 is 0.676 bits per heavy atom. The molecule has 0 saturated heterocycles. The highest BCUT2D eigenvalue weighted by atomic mass is 16.3. The Hall–Kier alpha value is -4.30. The molecular weight excluding hydrogens is 416 g/mol. The molecule has 0 unspecified atom stereocenters. The Kier molecular flexibility index (Phi) is 6.13. The lowest BCUT2D eigenvalue weighted by molar-refractivity contribution is 0.454. The van der Waals surface area contributed by atoms with Gasteiger partial charge in [0, 0.05) is 35.1 Å². The fourth-order valence-corrected chi connectivity index (χ4v) is 4.60. The molecule has 2 heteroatoms. The van der Waals surface area contributed by atoms with Crippen molar-refractivity contribution in [2.45, 2.75) is 12.8 Å². The normalized spacial score (nSPS) is 10.8. The van der Waals surface area contributed by atoms with Crippen LogP contribution >= 0.6 is 0 Å². The molecule has 0 atom stereocenters. The molecule has 5 aromatic rings. The number of hydrogen-bond acceptors (Lipinski definition) is 2. The van der Waals surface area contributed by atoms with Crippen molar-refractivity contribution in [3.63, 3.8) is 0 Å². The molecule has 0 amide bonds. The number of aromatic hydroxyl groups is 2. The Labute approximate surface area is 200 Å². The summed E-state index contributed by atoms with van der Waals surface area (Å²) in [6.45, 7) is 0. The molecule has 0 aliphatic heterocycles. The van der Waals surface area contributed by atoms with Gasteiger partial charge in [0.25, 0.3) is 0 Å². The first-order valence-electron chi connectivity index (χ1n) is 11.5. The van der Waals surface area contributed by atoms with Crippen LogP contribution in [0.15, 0.2) is 121 Å². The van der Waals surface area contributed by atoms with Crippen LogP contribution in [0.2, 0.25) is 0 Å². The van der Waals surface area contributed by atoms with Gasteiger partial charge in [0.05, 0.1) is 0 Å². The highest BCUT2D eigenvalue weighted by molar-refractivity contribution is 5.88. The molecule has 0 aliphatic carbocycles. The smallest absolute Gasteiger partial charge is 0.128 e. The molecule has 0 fully saturated rings. The van der Waals surface area contributed by atoms with Gasteiger partial charge in [-0.25, -0.2) is 0 Å². The van der Waals surface area contributed by atoms with Crippen molar-refractivity contribution < 1.29 is 10.2 Å². The van der Waals surface area contributed by atoms with E-state index in [2.05, 4.69) is 0 Å². The SMILES string of the molecule is Oc1c(Cc2ccccc2)c(-c2ccccc2)c(O)c(Cc2ccccc2)c1-c1ccccc1. The quantitative estimate of drug-likeness (QED) is 0.266. The third kappa shape index (κ3) is 4.31. The summed E-state index contributed by atoms with van der Waals surface area (Å²) in [5.41, 5.74) is 6.75. The van der Waals surface area contributed by atoms with Gasteiger partial charge in [-0.1, -0.05) is 121 Å². The lowest BCUT2D eigenvalue weighted by Gasteiger charge is -2.22. The second-order valence-electron chi connectivity index (χ2n) is 8.46.